The number of aliphatic hydroxyl groups is 1. The summed E-state index contributed by atoms with van der Waals surface area (Å²) in [6, 6.07) is 0.0471. The molecule has 14 heavy (non-hydrogen) atoms. The molecule has 1 N–H and O–H groups in total. The minimum atomic E-state index is -3.37. The van der Waals surface area contributed by atoms with Crippen molar-refractivity contribution in [3.63, 3.8) is 0 Å². The summed E-state index contributed by atoms with van der Waals surface area (Å²) in [5.41, 5.74) is 0. The molecule has 1 aliphatic rings. The summed E-state index contributed by atoms with van der Waals surface area (Å²) in [5.74, 6) is 0. The molecule has 1 aliphatic carbocycles. The number of hydrogen-bond donors (Lipinski definition) is 1. The van der Waals surface area contributed by atoms with Gasteiger partial charge in [-0.1, -0.05) is 12.8 Å². The summed E-state index contributed by atoms with van der Waals surface area (Å²) in [5, 5.41) is 8.41. The Morgan fingerprint density at radius 3 is 2.36 bits per heavy atom. The van der Waals surface area contributed by atoms with E-state index in [-0.39, 0.29) is 19.2 Å². The Balaban J connectivity index is 2.72. The monoisotopic (exact) mass is 241 g/mol. The molecule has 0 aromatic heterocycles. The Bertz CT molecular complexity index is 262. The van der Waals surface area contributed by atoms with Crippen LogP contribution in [0.15, 0.2) is 0 Å². The third kappa shape index (κ3) is 2.82. The zero-order valence-corrected chi connectivity index (χ0v) is 9.60. The van der Waals surface area contributed by atoms with Gasteiger partial charge in [0.05, 0.1) is 6.61 Å². The van der Waals surface area contributed by atoms with Crippen LogP contribution in [0.4, 0.5) is 0 Å². The van der Waals surface area contributed by atoms with Gasteiger partial charge < -0.3 is 5.11 Å². The van der Waals surface area contributed by atoms with Crippen LogP contribution in [0.25, 0.3) is 0 Å². The van der Waals surface area contributed by atoms with Crippen molar-refractivity contribution in [2.75, 3.05) is 18.4 Å². The number of halogens is 1. The average Bonchev–Trinajstić information content (AvgIpc) is 2.66. The Morgan fingerprint density at radius 2 is 1.93 bits per heavy atom. The van der Waals surface area contributed by atoms with Crippen molar-refractivity contribution in [3.05, 3.63) is 0 Å². The molecule has 0 amide bonds. The molecule has 0 aromatic rings. The largest absolute Gasteiger partial charge is 0.395 e. The molecule has 0 aliphatic heterocycles. The maximum Gasteiger partial charge on any atom is 0.228 e. The number of alkyl halides is 1. The molecule has 0 saturated heterocycles. The molecular weight excluding hydrogens is 226 g/mol. The molecule has 0 heterocycles. The van der Waals surface area contributed by atoms with Crippen molar-refractivity contribution < 1.29 is 13.5 Å². The van der Waals surface area contributed by atoms with Gasteiger partial charge in [0, 0.05) is 12.6 Å². The lowest BCUT2D eigenvalue weighted by atomic mass is 10.2. The van der Waals surface area contributed by atoms with E-state index >= 15 is 0 Å². The van der Waals surface area contributed by atoms with E-state index in [4.69, 9.17) is 16.7 Å². The highest BCUT2D eigenvalue weighted by Gasteiger charge is 2.30. The van der Waals surface area contributed by atoms with Crippen LogP contribution in [-0.4, -0.2) is 42.2 Å². The first kappa shape index (κ1) is 12.2. The van der Waals surface area contributed by atoms with E-state index in [1.165, 1.54) is 4.31 Å². The summed E-state index contributed by atoms with van der Waals surface area (Å²) in [4.78, 5) is 0. The highest BCUT2D eigenvalue weighted by atomic mass is 35.5. The Labute approximate surface area is 89.9 Å². The number of rotatable bonds is 5. The second-order valence-corrected chi connectivity index (χ2v) is 6.00. The van der Waals surface area contributed by atoms with Crippen LogP contribution < -0.4 is 0 Å². The van der Waals surface area contributed by atoms with Gasteiger partial charge >= 0.3 is 0 Å². The topological polar surface area (TPSA) is 57.6 Å². The molecular formula is C8H16ClNO3S. The fourth-order valence-corrected chi connectivity index (χ4v) is 3.43. The summed E-state index contributed by atoms with van der Waals surface area (Å²) in [6.45, 7) is 0.0202. The SMILES string of the molecule is O=S(=O)(CCl)N(CCO)C1CCCC1. The van der Waals surface area contributed by atoms with Gasteiger partial charge in [-0.15, -0.1) is 11.6 Å². The predicted octanol–water partition coefficient (Wildman–Crippen LogP) is 0.749. The second kappa shape index (κ2) is 5.30. The first-order valence-electron chi connectivity index (χ1n) is 4.78. The standard InChI is InChI=1S/C8H16ClNO3S/c9-7-14(12,13)10(5-6-11)8-3-1-2-4-8/h8,11H,1-7H2. The van der Waals surface area contributed by atoms with Gasteiger partial charge in [-0.3, -0.25) is 0 Å². The van der Waals surface area contributed by atoms with Gasteiger partial charge in [0.15, 0.2) is 0 Å². The van der Waals surface area contributed by atoms with Crippen molar-refractivity contribution in [1.29, 1.82) is 0 Å². The van der Waals surface area contributed by atoms with Gasteiger partial charge in [0.25, 0.3) is 0 Å². The molecule has 0 spiro atoms. The van der Waals surface area contributed by atoms with E-state index in [9.17, 15) is 8.42 Å². The molecule has 1 saturated carbocycles. The van der Waals surface area contributed by atoms with E-state index in [1.807, 2.05) is 0 Å². The van der Waals surface area contributed by atoms with Crippen molar-refractivity contribution in [3.8, 4) is 0 Å². The van der Waals surface area contributed by atoms with Crippen molar-refractivity contribution in [1.82, 2.24) is 4.31 Å². The molecule has 1 fully saturated rings. The smallest absolute Gasteiger partial charge is 0.228 e. The van der Waals surface area contributed by atoms with E-state index in [1.54, 1.807) is 0 Å². The van der Waals surface area contributed by atoms with Crippen LogP contribution in [0.1, 0.15) is 25.7 Å². The van der Waals surface area contributed by atoms with Gasteiger partial charge in [-0.25, -0.2) is 8.42 Å². The summed E-state index contributed by atoms with van der Waals surface area (Å²) >= 11 is 5.39. The minimum Gasteiger partial charge on any atom is -0.395 e. The molecule has 0 bridgehead atoms. The molecule has 84 valence electrons. The van der Waals surface area contributed by atoms with Crippen LogP contribution >= 0.6 is 11.6 Å². The second-order valence-electron chi connectivity index (χ2n) is 3.49. The van der Waals surface area contributed by atoms with Crippen LogP contribution in [-0.2, 0) is 10.0 Å². The van der Waals surface area contributed by atoms with Gasteiger partial charge in [0.1, 0.15) is 5.21 Å². The molecule has 0 atom stereocenters. The van der Waals surface area contributed by atoms with E-state index < -0.39 is 15.2 Å². The third-order valence-electron chi connectivity index (χ3n) is 2.55. The van der Waals surface area contributed by atoms with Crippen LogP contribution in [0.2, 0.25) is 0 Å². The fraction of sp³-hybridized carbons (Fsp3) is 1.00. The number of aliphatic hydroxyl groups excluding tert-OH is 1. The van der Waals surface area contributed by atoms with Gasteiger partial charge in [0.2, 0.25) is 10.0 Å². The lowest BCUT2D eigenvalue weighted by molar-refractivity contribution is 0.227. The fourth-order valence-electron chi connectivity index (χ4n) is 1.90. The summed E-state index contributed by atoms with van der Waals surface area (Å²) in [7, 11) is -3.37. The molecule has 0 unspecified atom stereocenters. The lowest BCUT2D eigenvalue weighted by Gasteiger charge is -2.26. The van der Waals surface area contributed by atoms with E-state index in [0.29, 0.717) is 0 Å². The first-order valence-corrected chi connectivity index (χ1v) is 6.92. The Hall–Kier alpha value is 0.160. The van der Waals surface area contributed by atoms with Crippen molar-refractivity contribution >= 4 is 21.6 Å². The normalized spacial score (nSPS) is 19.4. The van der Waals surface area contributed by atoms with Crippen LogP contribution in [0.5, 0.6) is 0 Å². The molecule has 4 nitrogen and oxygen atoms in total. The first-order chi connectivity index (χ1) is 6.61. The zero-order valence-electron chi connectivity index (χ0n) is 8.02. The molecule has 6 heteroatoms. The predicted molar refractivity (Wildman–Crippen MR) is 55.7 cm³/mol. The van der Waals surface area contributed by atoms with Crippen LogP contribution in [0, 0.1) is 0 Å². The summed E-state index contributed by atoms with van der Waals surface area (Å²) < 4.78 is 24.5. The van der Waals surface area contributed by atoms with Crippen molar-refractivity contribution in [2.24, 2.45) is 0 Å². The maximum atomic E-state index is 11.6. The molecule has 0 radical (unpaired) electrons. The van der Waals surface area contributed by atoms with E-state index in [2.05, 4.69) is 0 Å². The Morgan fingerprint density at radius 1 is 1.36 bits per heavy atom. The summed E-state index contributed by atoms with van der Waals surface area (Å²) in [6.07, 6.45) is 3.89. The maximum absolute atomic E-state index is 11.6. The van der Waals surface area contributed by atoms with Gasteiger partial charge in [-0.05, 0) is 12.8 Å². The average molecular weight is 242 g/mol. The third-order valence-corrected chi connectivity index (χ3v) is 4.85. The lowest BCUT2D eigenvalue weighted by Crippen LogP contribution is -2.41. The zero-order chi connectivity index (χ0) is 10.6. The Kier molecular flexibility index (Phi) is 4.63. The van der Waals surface area contributed by atoms with Gasteiger partial charge in [-0.2, -0.15) is 4.31 Å². The number of hydrogen-bond acceptors (Lipinski definition) is 3. The van der Waals surface area contributed by atoms with E-state index in [0.717, 1.165) is 25.7 Å². The molecule has 1 rings (SSSR count). The minimum absolute atomic E-state index is 0.0471. The number of nitrogens with zero attached hydrogens (tertiary/aromatic N) is 1. The molecule has 0 aromatic carbocycles. The van der Waals surface area contributed by atoms with Crippen molar-refractivity contribution in [2.45, 2.75) is 31.7 Å². The number of sulfonamides is 1. The highest BCUT2D eigenvalue weighted by Crippen LogP contribution is 2.25. The van der Waals surface area contributed by atoms with Crippen LogP contribution in [0.3, 0.4) is 0 Å². The quantitative estimate of drug-likeness (QED) is 0.723. The highest BCUT2D eigenvalue weighted by molar-refractivity contribution is 7.90.